The Kier molecular flexibility index (Phi) is 2.33. The number of hydrogen-bond acceptors (Lipinski definition) is 4. The van der Waals surface area contributed by atoms with Crippen LogP contribution in [0.3, 0.4) is 0 Å². The highest BCUT2D eigenvalue weighted by atomic mass is 16.5. The SMILES string of the molecule is CC1(N=N)C=CC(c2cccnc2)=CO1. The van der Waals surface area contributed by atoms with E-state index < -0.39 is 5.72 Å². The smallest absolute Gasteiger partial charge is 0.234 e. The fourth-order valence-electron chi connectivity index (χ4n) is 1.27. The van der Waals surface area contributed by atoms with Gasteiger partial charge in [-0.05, 0) is 18.2 Å². The zero-order chi connectivity index (χ0) is 10.7. The summed E-state index contributed by atoms with van der Waals surface area (Å²) in [6.07, 6.45) is 8.73. The summed E-state index contributed by atoms with van der Waals surface area (Å²) in [5.41, 5.74) is 8.04. The van der Waals surface area contributed by atoms with E-state index in [-0.39, 0.29) is 0 Å². The van der Waals surface area contributed by atoms with Crippen molar-refractivity contribution < 1.29 is 4.74 Å². The molecule has 1 atom stereocenters. The van der Waals surface area contributed by atoms with Crippen molar-refractivity contribution in [3.05, 3.63) is 48.5 Å². The van der Waals surface area contributed by atoms with Crippen LogP contribution >= 0.6 is 0 Å². The van der Waals surface area contributed by atoms with Crippen LogP contribution in [0.15, 0.2) is 48.1 Å². The van der Waals surface area contributed by atoms with Crippen molar-refractivity contribution in [3.8, 4) is 0 Å². The molecule has 0 saturated heterocycles. The largest absolute Gasteiger partial charge is 0.468 e. The van der Waals surface area contributed by atoms with E-state index in [0.29, 0.717) is 0 Å². The molecule has 76 valence electrons. The Labute approximate surface area is 87.8 Å². The highest BCUT2D eigenvalue weighted by Gasteiger charge is 2.23. The van der Waals surface area contributed by atoms with Crippen LogP contribution in [0.25, 0.3) is 5.57 Å². The second kappa shape index (κ2) is 3.65. The summed E-state index contributed by atoms with van der Waals surface area (Å²) >= 11 is 0. The van der Waals surface area contributed by atoms with Crippen molar-refractivity contribution in [1.82, 2.24) is 4.98 Å². The van der Waals surface area contributed by atoms with Gasteiger partial charge in [0.2, 0.25) is 5.72 Å². The molecule has 0 spiro atoms. The minimum absolute atomic E-state index is 0.855. The quantitative estimate of drug-likeness (QED) is 0.748. The Balaban J connectivity index is 2.24. The summed E-state index contributed by atoms with van der Waals surface area (Å²) in [6, 6.07) is 3.82. The number of aromatic nitrogens is 1. The molecule has 1 N–H and O–H groups in total. The number of pyridine rings is 1. The van der Waals surface area contributed by atoms with E-state index in [2.05, 4.69) is 10.1 Å². The molecular formula is C11H11N3O. The maximum absolute atomic E-state index is 6.97. The number of nitrogens with one attached hydrogen (secondary N) is 1. The van der Waals surface area contributed by atoms with Gasteiger partial charge in [-0.3, -0.25) is 4.98 Å². The van der Waals surface area contributed by atoms with E-state index in [4.69, 9.17) is 10.3 Å². The second-order valence-corrected chi connectivity index (χ2v) is 3.43. The molecular weight excluding hydrogens is 190 g/mol. The normalized spacial score (nSPS) is 24.2. The van der Waals surface area contributed by atoms with Crippen LogP contribution in [-0.4, -0.2) is 10.7 Å². The molecule has 15 heavy (non-hydrogen) atoms. The average molecular weight is 201 g/mol. The lowest BCUT2D eigenvalue weighted by molar-refractivity contribution is 0.0833. The summed E-state index contributed by atoms with van der Waals surface area (Å²) in [4.78, 5) is 4.03. The van der Waals surface area contributed by atoms with Gasteiger partial charge in [-0.15, -0.1) is 5.11 Å². The highest BCUT2D eigenvalue weighted by molar-refractivity contribution is 5.73. The molecule has 2 heterocycles. The molecule has 4 nitrogen and oxygen atoms in total. The van der Waals surface area contributed by atoms with Gasteiger partial charge in [0.25, 0.3) is 0 Å². The number of allylic oxidation sites excluding steroid dienone is 2. The molecule has 0 saturated carbocycles. The van der Waals surface area contributed by atoms with Crippen molar-refractivity contribution >= 4 is 5.57 Å². The molecule has 0 radical (unpaired) electrons. The molecule has 0 fully saturated rings. The number of hydrogen-bond donors (Lipinski definition) is 1. The zero-order valence-electron chi connectivity index (χ0n) is 8.34. The molecule has 0 amide bonds. The third-order valence-corrected chi connectivity index (χ3v) is 2.21. The molecule has 1 aromatic rings. The third kappa shape index (κ3) is 1.93. The van der Waals surface area contributed by atoms with Gasteiger partial charge < -0.3 is 4.74 Å². The van der Waals surface area contributed by atoms with E-state index in [9.17, 15) is 0 Å². The molecule has 1 aromatic heterocycles. The van der Waals surface area contributed by atoms with E-state index in [0.717, 1.165) is 11.1 Å². The van der Waals surface area contributed by atoms with Crippen molar-refractivity contribution in [2.24, 2.45) is 5.11 Å². The maximum atomic E-state index is 6.97. The Hall–Kier alpha value is -1.97. The van der Waals surface area contributed by atoms with Crippen LogP contribution in [-0.2, 0) is 4.74 Å². The first-order chi connectivity index (χ1) is 7.23. The minimum Gasteiger partial charge on any atom is -0.468 e. The van der Waals surface area contributed by atoms with E-state index in [1.54, 1.807) is 31.7 Å². The van der Waals surface area contributed by atoms with E-state index >= 15 is 0 Å². The van der Waals surface area contributed by atoms with Crippen molar-refractivity contribution in [2.75, 3.05) is 0 Å². The van der Waals surface area contributed by atoms with Crippen molar-refractivity contribution in [1.29, 1.82) is 5.53 Å². The summed E-state index contributed by atoms with van der Waals surface area (Å²) in [6.45, 7) is 1.73. The van der Waals surface area contributed by atoms with Crippen LogP contribution in [0, 0.1) is 5.53 Å². The number of nitrogens with zero attached hydrogens (tertiary/aromatic N) is 2. The number of ether oxygens (including phenoxy) is 1. The molecule has 1 aliphatic heterocycles. The topological polar surface area (TPSA) is 58.3 Å². The van der Waals surface area contributed by atoms with E-state index in [1.807, 2.05) is 18.2 Å². The fourth-order valence-corrected chi connectivity index (χ4v) is 1.27. The summed E-state index contributed by atoms with van der Waals surface area (Å²) in [5, 5.41) is 3.39. The zero-order valence-corrected chi connectivity index (χ0v) is 8.34. The Morgan fingerprint density at radius 2 is 2.40 bits per heavy atom. The van der Waals surface area contributed by atoms with Gasteiger partial charge >= 0.3 is 0 Å². The van der Waals surface area contributed by atoms with Crippen LogP contribution in [0.2, 0.25) is 0 Å². The standard InChI is InChI=1S/C11H11N3O/c1-11(14-12)5-4-10(8-15-11)9-3-2-6-13-7-9/h2-8,12H,1H3. The molecule has 0 aliphatic carbocycles. The summed E-state index contributed by atoms with van der Waals surface area (Å²) < 4.78 is 5.35. The van der Waals surface area contributed by atoms with E-state index in [1.165, 1.54) is 0 Å². The van der Waals surface area contributed by atoms with Crippen LogP contribution in [0.1, 0.15) is 12.5 Å². The lowest BCUT2D eigenvalue weighted by Crippen LogP contribution is -2.21. The summed E-state index contributed by atoms with van der Waals surface area (Å²) in [7, 11) is 0. The lowest BCUT2D eigenvalue weighted by Gasteiger charge is -2.22. The first-order valence-electron chi connectivity index (χ1n) is 4.60. The van der Waals surface area contributed by atoms with Crippen LogP contribution < -0.4 is 0 Å². The maximum Gasteiger partial charge on any atom is 0.234 e. The van der Waals surface area contributed by atoms with Gasteiger partial charge in [-0.25, -0.2) is 5.53 Å². The van der Waals surface area contributed by atoms with Gasteiger partial charge in [0.05, 0.1) is 6.26 Å². The summed E-state index contributed by atoms with van der Waals surface area (Å²) in [5.74, 6) is 0. The van der Waals surface area contributed by atoms with Crippen LogP contribution in [0.4, 0.5) is 0 Å². The third-order valence-electron chi connectivity index (χ3n) is 2.21. The van der Waals surface area contributed by atoms with Gasteiger partial charge in [0, 0.05) is 30.5 Å². The van der Waals surface area contributed by atoms with Gasteiger partial charge in [0.1, 0.15) is 0 Å². The Bertz CT molecular complexity index is 425. The number of rotatable bonds is 2. The molecule has 4 heteroatoms. The first kappa shape index (κ1) is 9.58. The molecule has 0 aromatic carbocycles. The van der Waals surface area contributed by atoms with Gasteiger partial charge in [-0.2, -0.15) is 0 Å². The average Bonchev–Trinajstić information content (AvgIpc) is 2.31. The predicted octanol–water partition coefficient (Wildman–Crippen LogP) is 2.76. The first-order valence-corrected chi connectivity index (χ1v) is 4.60. The molecule has 0 bridgehead atoms. The second-order valence-electron chi connectivity index (χ2n) is 3.43. The minimum atomic E-state index is -0.855. The lowest BCUT2D eigenvalue weighted by atomic mass is 10.1. The molecule has 1 aliphatic rings. The van der Waals surface area contributed by atoms with Gasteiger partial charge in [-0.1, -0.05) is 6.07 Å². The Morgan fingerprint density at radius 1 is 1.53 bits per heavy atom. The van der Waals surface area contributed by atoms with Gasteiger partial charge in [0.15, 0.2) is 0 Å². The van der Waals surface area contributed by atoms with Crippen molar-refractivity contribution in [3.63, 3.8) is 0 Å². The molecule has 2 rings (SSSR count). The highest BCUT2D eigenvalue weighted by Crippen LogP contribution is 2.26. The predicted molar refractivity (Wildman–Crippen MR) is 56.0 cm³/mol. The fraction of sp³-hybridized carbons (Fsp3) is 0.182. The van der Waals surface area contributed by atoms with Crippen molar-refractivity contribution in [2.45, 2.75) is 12.6 Å². The monoisotopic (exact) mass is 201 g/mol. The van der Waals surface area contributed by atoms with Crippen LogP contribution in [0.5, 0.6) is 0 Å². The molecule has 1 unspecified atom stereocenters. The Morgan fingerprint density at radius 3 is 2.93 bits per heavy atom.